The molecule has 1 aliphatic rings. The Hall–Kier alpha value is -1.43. The highest BCUT2D eigenvalue weighted by molar-refractivity contribution is 9.10. The van der Waals surface area contributed by atoms with E-state index in [1.54, 1.807) is 0 Å². The van der Waals surface area contributed by atoms with Crippen LogP contribution in [0.1, 0.15) is 30.5 Å². The fourth-order valence-electron chi connectivity index (χ4n) is 2.40. The molecule has 0 atom stereocenters. The summed E-state index contributed by atoms with van der Waals surface area (Å²) < 4.78 is 6.32. The minimum absolute atomic E-state index is 0.379. The number of halogens is 1. The van der Waals surface area contributed by atoms with Crippen molar-refractivity contribution in [3.8, 4) is 0 Å². The first-order chi connectivity index (χ1) is 9.22. The molecule has 0 N–H and O–H groups in total. The molecular formula is C13H15BrN4O. The van der Waals surface area contributed by atoms with Crippen molar-refractivity contribution in [1.29, 1.82) is 0 Å². The maximum Gasteiger partial charge on any atom is 0.229 e. The van der Waals surface area contributed by atoms with Gasteiger partial charge in [0.2, 0.25) is 5.89 Å². The molecule has 100 valence electrons. The minimum atomic E-state index is 0.379. The second-order valence-corrected chi connectivity index (χ2v) is 5.69. The third-order valence-electron chi connectivity index (χ3n) is 3.42. The van der Waals surface area contributed by atoms with Gasteiger partial charge in [-0.1, -0.05) is 21.1 Å². The Morgan fingerprint density at radius 2 is 2.16 bits per heavy atom. The van der Waals surface area contributed by atoms with E-state index in [0.717, 1.165) is 42.1 Å². The third kappa shape index (κ3) is 2.78. The normalized spacial score (nSPS) is 16.8. The molecule has 0 radical (unpaired) electrons. The zero-order chi connectivity index (χ0) is 13.2. The number of hydrogen-bond donors (Lipinski definition) is 0. The fourth-order valence-corrected chi connectivity index (χ4v) is 2.72. The van der Waals surface area contributed by atoms with E-state index in [-0.39, 0.29) is 0 Å². The molecule has 19 heavy (non-hydrogen) atoms. The van der Waals surface area contributed by atoms with Gasteiger partial charge in [-0.05, 0) is 31.9 Å². The Bertz CT molecular complexity index is 563. The van der Waals surface area contributed by atoms with Crippen molar-refractivity contribution in [1.82, 2.24) is 15.1 Å². The molecule has 2 aromatic rings. The predicted octanol–water partition coefficient (Wildman–Crippen LogP) is 2.92. The first kappa shape index (κ1) is 12.6. The zero-order valence-corrected chi connectivity index (χ0v) is 12.3. The minimum Gasteiger partial charge on any atom is -0.357 e. The van der Waals surface area contributed by atoms with E-state index in [2.05, 4.69) is 42.0 Å². The maximum atomic E-state index is 5.26. The summed E-state index contributed by atoms with van der Waals surface area (Å²) in [6.07, 6.45) is 3.87. The van der Waals surface area contributed by atoms with Crippen LogP contribution in [0.3, 0.4) is 0 Å². The van der Waals surface area contributed by atoms with Crippen LogP contribution < -0.4 is 4.90 Å². The van der Waals surface area contributed by atoms with Gasteiger partial charge in [-0.2, -0.15) is 4.98 Å². The van der Waals surface area contributed by atoms with Gasteiger partial charge in [-0.25, -0.2) is 4.98 Å². The Morgan fingerprint density at radius 1 is 1.37 bits per heavy atom. The van der Waals surface area contributed by atoms with Crippen LogP contribution in [-0.2, 0) is 0 Å². The molecule has 2 aromatic heterocycles. The monoisotopic (exact) mass is 322 g/mol. The number of pyridine rings is 1. The topological polar surface area (TPSA) is 55.1 Å². The molecule has 0 unspecified atom stereocenters. The second-order valence-electron chi connectivity index (χ2n) is 4.77. The highest BCUT2D eigenvalue weighted by Crippen LogP contribution is 2.29. The van der Waals surface area contributed by atoms with Gasteiger partial charge in [0.25, 0.3) is 0 Å². The Labute approximate surface area is 120 Å². The van der Waals surface area contributed by atoms with Gasteiger partial charge in [-0.15, -0.1) is 0 Å². The molecular weight excluding hydrogens is 308 g/mol. The lowest BCUT2D eigenvalue weighted by Crippen LogP contribution is -2.33. The first-order valence-electron chi connectivity index (χ1n) is 6.39. The van der Waals surface area contributed by atoms with Gasteiger partial charge in [0, 0.05) is 29.7 Å². The Morgan fingerprint density at radius 3 is 2.79 bits per heavy atom. The van der Waals surface area contributed by atoms with Crippen LogP contribution in [0.5, 0.6) is 0 Å². The third-order valence-corrected chi connectivity index (χ3v) is 3.91. The van der Waals surface area contributed by atoms with Gasteiger partial charge >= 0.3 is 0 Å². The summed E-state index contributed by atoms with van der Waals surface area (Å²) in [5, 5.41) is 3.86. The van der Waals surface area contributed by atoms with Gasteiger partial charge < -0.3 is 9.42 Å². The molecule has 3 heterocycles. The van der Waals surface area contributed by atoms with E-state index in [1.165, 1.54) is 0 Å². The molecule has 6 heteroatoms. The summed E-state index contributed by atoms with van der Waals surface area (Å²) in [7, 11) is 0. The number of rotatable bonds is 2. The summed E-state index contributed by atoms with van der Waals surface area (Å²) in [6, 6.07) is 3.99. The van der Waals surface area contributed by atoms with Gasteiger partial charge in [0.1, 0.15) is 5.82 Å². The SMILES string of the molecule is Cc1noc(C2CCN(c3cc(Br)ccn3)CC2)n1. The van der Waals surface area contributed by atoms with Crippen molar-refractivity contribution >= 4 is 21.7 Å². The summed E-state index contributed by atoms with van der Waals surface area (Å²) >= 11 is 3.48. The molecule has 0 amide bonds. The average molecular weight is 323 g/mol. The molecule has 1 aliphatic heterocycles. The number of nitrogens with zero attached hydrogens (tertiary/aromatic N) is 4. The molecule has 0 saturated carbocycles. The highest BCUT2D eigenvalue weighted by Gasteiger charge is 2.25. The standard InChI is InChI=1S/C13H15BrN4O/c1-9-16-13(19-17-9)10-3-6-18(7-4-10)12-8-11(14)2-5-15-12/h2,5,8,10H,3-4,6-7H2,1H3. The first-order valence-corrected chi connectivity index (χ1v) is 7.18. The number of aryl methyl sites for hydroxylation is 1. The number of piperidine rings is 1. The molecule has 0 spiro atoms. The van der Waals surface area contributed by atoms with Gasteiger partial charge in [0.15, 0.2) is 5.82 Å². The van der Waals surface area contributed by atoms with Gasteiger partial charge in [-0.3, -0.25) is 0 Å². The maximum absolute atomic E-state index is 5.26. The van der Waals surface area contributed by atoms with Crippen LogP contribution >= 0.6 is 15.9 Å². The van der Waals surface area contributed by atoms with Crippen LogP contribution in [0.4, 0.5) is 5.82 Å². The van der Waals surface area contributed by atoms with Crippen molar-refractivity contribution < 1.29 is 4.52 Å². The van der Waals surface area contributed by atoms with E-state index >= 15 is 0 Å². The van der Waals surface area contributed by atoms with Crippen molar-refractivity contribution in [2.45, 2.75) is 25.7 Å². The van der Waals surface area contributed by atoms with Crippen molar-refractivity contribution in [3.63, 3.8) is 0 Å². The second kappa shape index (κ2) is 5.28. The van der Waals surface area contributed by atoms with Crippen molar-refractivity contribution in [3.05, 3.63) is 34.5 Å². The van der Waals surface area contributed by atoms with E-state index in [0.29, 0.717) is 11.7 Å². The molecule has 1 saturated heterocycles. The summed E-state index contributed by atoms with van der Waals surface area (Å²) in [6.45, 7) is 3.79. The lowest BCUT2D eigenvalue weighted by Gasteiger charge is -2.31. The summed E-state index contributed by atoms with van der Waals surface area (Å²) in [5.41, 5.74) is 0. The summed E-state index contributed by atoms with van der Waals surface area (Å²) in [4.78, 5) is 11.0. The summed E-state index contributed by atoms with van der Waals surface area (Å²) in [5.74, 6) is 2.89. The van der Waals surface area contributed by atoms with Crippen LogP contribution in [0, 0.1) is 6.92 Å². The van der Waals surface area contributed by atoms with Gasteiger partial charge in [0.05, 0.1) is 0 Å². The van der Waals surface area contributed by atoms with Crippen LogP contribution in [-0.4, -0.2) is 28.2 Å². The lowest BCUT2D eigenvalue weighted by atomic mass is 9.97. The molecule has 0 aromatic carbocycles. The van der Waals surface area contributed by atoms with Crippen LogP contribution in [0.2, 0.25) is 0 Å². The van der Waals surface area contributed by atoms with Crippen molar-refractivity contribution in [2.75, 3.05) is 18.0 Å². The fraction of sp³-hybridized carbons (Fsp3) is 0.462. The number of anilines is 1. The van der Waals surface area contributed by atoms with E-state index in [4.69, 9.17) is 4.52 Å². The number of hydrogen-bond acceptors (Lipinski definition) is 5. The predicted molar refractivity (Wildman–Crippen MR) is 75.2 cm³/mol. The molecule has 5 nitrogen and oxygen atoms in total. The largest absolute Gasteiger partial charge is 0.357 e. The number of aromatic nitrogens is 3. The zero-order valence-electron chi connectivity index (χ0n) is 10.7. The molecule has 3 rings (SSSR count). The highest BCUT2D eigenvalue weighted by atomic mass is 79.9. The Balaban J connectivity index is 1.66. The molecule has 0 bridgehead atoms. The van der Waals surface area contributed by atoms with Crippen molar-refractivity contribution in [2.24, 2.45) is 0 Å². The molecule has 1 fully saturated rings. The molecule has 0 aliphatic carbocycles. The van der Waals surface area contributed by atoms with E-state index in [1.807, 2.05) is 19.2 Å². The van der Waals surface area contributed by atoms with Crippen LogP contribution in [0.15, 0.2) is 27.3 Å². The smallest absolute Gasteiger partial charge is 0.229 e. The quantitative estimate of drug-likeness (QED) is 0.850. The van der Waals surface area contributed by atoms with E-state index in [9.17, 15) is 0 Å². The average Bonchev–Trinajstić information content (AvgIpc) is 2.86. The van der Waals surface area contributed by atoms with Crippen LogP contribution in [0.25, 0.3) is 0 Å². The lowest BCUT2D eigenvalue weighted by molar-refractivity contribution is 0.327. The van der Waals surface area contributed by atoms with E-state index < -0.39 is 0 Å². The Kier molecular flexibility index (Phi) is 3.50.